The average molecular weight is 492 g/mol. The lowest BCUT2D eigenvalue weighted by molar-refractivity contribution is 0.0935. The molecule has 2 heterocycles. The second kappa shape index (κ2) is 10.5. The number of nitrogens with zero attached hydrogens (tertiary/aromatic N) is 2. The van der Waals surface area contributed by atoms with Crippen molar-refractivity contribution in [3.8, 4) is 0 Å². The monoisotopic (exact) mass is 491 g/mol. The third-order valence-corrected chi connectivity index (χ3v) is 8.17. The van der Waals surface area contributed by atoms with Gasteiger partial charge in [0.25, 0.3) is 11.5 Å². The largest absolute Gasteiger partial charge is 0.376 e. The Balaban J connectivity index is 1.48. The zero-order chi connectivity index (χ0) is 24.4. The van der Waals surface area contributed by atoms with Crippen LogP contribution in [0, 0.1) is 13.8 Å². The first-order valence-corrected chi connectivity index (χ1v) is 13.6. The van der Waals surface area contributed by atoms with Crippen molar-refractivity contribution in [2.45, 2.75) is 82.0 Å². The Labute approximate surface area is 210 Å². The van der Waals surface area contributed by atoms with Crippen molar-refractivity contribution >= 4 is 28.6 Å². The summed E-state index contributed by atoms with van der Waals surface area (Å²) < 4.78 is 7.61. The Hall–Kier alpha value is -2.64. The van der Waals surface area contributed by atoms with Gasteiger partial charge in [-0.1, -0.05) is 48.4 Å². The van der Waals surface area contributed by atoms with E-state index in [9.17, 15) is 9.59 Å². The van der Waals surface area contributed by atoms with Crippen molar-refractivity contribution in [3.63, 3.8) is 0 Å². The smallest absolute Gasteiger partial charge is 0.262 e. The SMILES string of the molecule is Cc1ccc(C)c(CSc2nc3cc(C(=O)NC4CCCC4)ccc3c(=O)n2C[C@@H]2CCCO2)c1. The van der Waals surface area contributed by atoms with Crippen LogP contribution in [0.3, 0.4) is 0 Å². The van der Waals surface area contributed by atoms with Gasteiger partial charge in [-0.15, -0.1) is 0 Å². The molecule has 2 aliphatic rings. The molecule has 1 amide bonds. The topological polar surface area (TPSA) is 73.2 Å². The molecule has 0 unspecified atom stereocenters. The van der Waals surface area contributed by atoms with Crippen LogP contribution in [-0.2, 0) is 17.0 Å². The van der Waals surface area contributed by atoms with Gasteiger partial charge in [-0.05, 0) is 68.9 Å². The first kappa shape index (κ1) is 24.1. The van der Waals surface area contributed by atoms with Crippen molar-refractivity contribution in [1.82, 2.24) is 14.9 Å². The normalized spacial score (nSPS) is 18.4. The highest BCUT2D eigenvalue weighted by molar-refractivity contribution is 7.98. The van der Waals surface area contributed by atoms with E-state index in [0.717, 1.165) is 50.9 Å². The zero-order valence-electron chi connectivity index (χ0n) is 20.5. The highest BCUT2D eigenvalue weighted by atomic mass is 32.2. The van der Waals surface area contributed by atoms with Gasteiger partial charge >= 0.3 is 0 Å². The van der Waals surface area contributed by atoms with Gasteiger partial charge in [0.1, 0.15) is 0 Å². The second-order valence-corrected chi connectivity index (χ2v) is 10.8. The third kappa shape index (κ3) is 5.46. The Kier molecular flexibility index (Phi) is 7.25. The van der Waals surface area contributed by atoms with E-state index in [1.165, 1.54) is 16.7 Å². The van der Waals surface area contributed by atoms with Crippen LogP contribution in [0.2, 0.25) is 0 Å². The Morgan fingerprint density at radius 1 is 1.11 bits per heavy atom. The van der Waals surface area contributed by atoms with Crippen molar-refractivity contribution in [3.05, 3.63) is 69.0 Å². The fraction of sp³-hybridized carbons (Fsp3) is 0.464. The summed E-state index contributed by atoms with van der Waals surface area (Å²) in [4.78, 5) is 31.3. The van der Waals surface area contributed by atoms with E-state index in [0.29, 0.717) is 28.2 Å². The summed E-state index contributed by atoms with van der Waals surface area (Å²) in [6, 6.07) is 11.9. The molecule has 0 bridgehead atoms. The molecule has 7 heteroatoms. The van der Waals surface area contributed by atoms with Crippen LogP contribution < -0.4 is 10.9 Å². The number of carbonyl (C=O) groups excluding carboxylic acids is 1. The van der Waals surface area contributed by atoms with E-state index in [1.807, 2.05) is 0 Å². The number of aromatic nitrogens is 2. The summed E-state index contributed by atoms with van der Waals surface area (Å²) in [5, 5.41) is 4.35. The van der Waals surface area contributed by atoms with Gasteiger partial charge in [-0.25, -0.2) is 4.98 Å². The number of hydrogen-bond donors (Lipinski definition) is 1. The van der Waals surface area contributed by atoms with Crippen LogP contribution in [0.5, 0.6) is 0 Å². The van der Waals surface area contributed by atoms with Gasteiger partial charge < -0.3 is 10.1 Å². The van der Waals surface area contributed by atoms with E-state index in [-0.39, 0.29) is 23.6 Å². The Morgan fingerprint density at radius 2 is 1.94 bits per heavy atom. The number of rotatable bonds is 7. The summed E-state index contributed by atoms with van der Waals surface area (Å²) in [5.41, 5.74) is 4.73. The molecule has 1 aliphatic heterocycles. The summed E-state index contributed by atoms with van der Waals surface area (Å²) >= 11 is 1.57. The zero-order valence-corrected chi connectivity index (χ0v) is 21.3. The lowest BCUT2D eigenvalue weighted by atomic mass is 10.1. The van der Waals surface area contributed by atoms with Crippen LogP contribution in [0.25, 0.3) is 10.9 Å². The molecular weight excluding hydrogens is 458 g/mol. The first-order chi connectivity index (χ1) is 17.0. The molecule has 6 nitrogen and oxygen atoms in total. The molecule has 1 saturated heterocycles. The molecule has 1 saturated carbocycles. The van der Waals surface area contributed by atoms with Gasteiger partial charge in [0, 0.05) is 24.0 Å². The number of benzene rings is 2. The van der Waals surface area contributed by atoms with Gasteiger partial charge in [0.15, 0.2) is 5.16 Å². The predicted octanol–water partition coefficient (Wildman–Crippen LogP) is 5.16. The number of amides is 1. The minimum absolute atomic E-state index is 0.0310. The molecule has 0 radical (unpaired) electrons. The van der Waals surface area contributed by atoms with Crippen molar-refractivity contribution in [1.29, 1.82) is 0 Å². The molecule has 0 spiro atoms. The number of aryl methyl sites for hydroxylation is 2. The maximum atomic E-state index is 13.6. The highest BCUT2D eigenvalue weighted by Crippen LogP contribution is 2.26. The maximum Gasteiger partial charge on any atom is 0.262 e. The number of hydrogen-bond acceptors (Lipinski definition) is 5. The summed E-state index contributed by atoms with van der Waals surface area (Å²) in [5.74, 6) is 0.632. The van der Waals surface area contributed by atoms with Crippen molar-refractivity contribution in [2.24, 2.45) is 0 Å². The molecule has 35 heavy (non-hydrogen) atoms. The van der Waals surface area contributed by atoms with Crippen LogP contribution in [0.15, 0.2) is 46.3 Å². The summed E-state index contributed by atoms with van der Waals surface area (Å²) in [7, 11) is 0. The fourth-order valence-electron chi connectivity index (χ4n) is 5.04. The number of ether oxygens (including phenoxy) is 1. The first-order valence-electron chi connectivity index (χ1n) is 12.6. The van der Waals surface area contributed by atoms with E-state index in [4.69, 9.17) is 9.72 Å². The van der Waals surface area contributed by atoms with Crippen molar-refractivity contribution in [2.75, 3.05) is 6.61 Å². The molecule has 3 aromatic rings. The highest BCUT2D eigenvalue weighted by Gasteiger charge is 2.22. The van der Waals surface area contributed by atoms with Gasteiger partial charge in [0.05, 0.1) is 23.6 Å². The van der Waals surface area contributed by atoms with Crippen molar-refractivity contribution < 1.29 is 9.53 Å². The van der Waals surface area contributed by atoms with E-state index < -0.39 is 0 Å². The van der Waals surface area contributed by atoms with Crippen LogP contribution in [0.1, 0.15) is 65.6 Å². The number of nitrogens with one attached hydrogen (secondary N) is 1. The van der Waals surface area contributed by atoms with E-state index >= 15 is 0 Å². The van der Waals surface area contributed by atoms with Crippen LogP contribution in [-0.4, -0.2) is 34.2 Å². The number of fused-ring (bicyclic) bond motifs is 1. The summed E-state index contributed by atoms with van der Waals surface area (Å²) in [6.07, 6.45) is 6.39. The lowest BCUT2D eigenvalue weighted by Crippen LogP contribution is -2.32. The average Bonchev–Trinajstić information content (AvgIpc) is 3.56. The molecule has 184 valence electrons. The molecular formula is C28H33N3O3S. The van der Waals surface area contributed by atoms with E-state index in [2.05, 4.69) is 37.4 Å². The quantitative estimate of drug-likeness (QED) is 0.365. The standard InChI is InChI=1S/C28H33N3O3S/c1-18-9-10-19(2)21(14-18)17-35-28-30-25-15-20(26(32)29-22-6-3-4-7-22)11-12-24(25)27(33)31(28)16-23-8-5-13-34-23/h9-12,14-15,22-23H,3-8,13,16-17H2,1-2H3,(H,29,32)/t23-/m0/s1. The maximum absolute atomic E-state index is 13.6. The molecule has 1 N–H and O–H groups in total. The predicted molar refractivity (Wildman–Crippen MR) is 140 cm³/mol. The lowest BCUT2D eigenvalue weighted by Gasteiger charge is -2.17. The number of carbonyl (C=O) groups is 1. The van der Waals surface area contributed by atoms with Gasteiger partial charge in [0.2, 0.25) is 0 Å². The summed E-state index contributed by atoms with van der Waals surface area (Å²) in [6.45, 7) is 5.44. The fourth-order valence-corrected chi connectivity index (χ4v) is 6.11. The molecule has 1 atom stereocenters. The minimum atomic E-state index is -0.0891. The Morgan fingerprint density at radius 3 is 2.71 bits per heavy atom. The van der Waals surface area contributed by atoms with Crippen LogP contribution in [0.4, 0.5) is 0 Å². The second-order valence-electron chi connectivity index (χ2n) is 9.85. The van der Waals surface area contributed by atoms with Crippen LogP contribution >= 0.6 is 11.8 Å². The Bertz CT molecular complexity index is 1290. The molecule has 1 aromatic heterocycles. The number of thioether (sulfide) groups is 1. The molecule has 2 aromatic carbocycles. The third-order valence-electron chi connectivity index (χ3n) is 7.14. The molecule has 5 rings (SSSR count). The minimum Gasteiger partial charge on any atom is -0.376 e. The van der Waals surface area contributed by atoms with Gasteiger partial charge in [-0.3, -0.25) is 14.2 Å². The van der Waals surface area contributed by atoms with Gasteiger partial charge in [-0.2, -0.15) is 0 Å². The van der Waals surface area contributed by atoms with E-state index in [1.54, 1.807) is 34.5 Å². The molecule has 1 aliphatic carbocycles. The molecule has 2 fully saturated rings.